The third-order valence-electron chi connectivity index (χ3n) is 4.85. The highest BCUT2D eigenvalue weighted by Gasteiger charge is 2.32. The third kappa shape index (κ3) is 3.79. The molecule has 1 aliphatic heterocycles. The van der Waals surface area contributed by atoms with E-state index in [0.29, 0.717) is 48.8 Å². The van der Waals surface area contributed by atoms with Gasteiger partial charge in [0.1, 0.15) is 5.76 Å². The number of amides is 1. The van der Waals surface area contributed by atoms with Crippen LogP contribution >= 0.6 is 0 Å². The summed E-state index contributed by atoms with van der Waals surface area (Å²) in [5.41, 5.74) is 0.715. The Bertz CT molecular complexity index is 1010. The zero-order valence-corrected chi connectivity index (χ0v) is 16.9. The molecule has 148 valence electrons. The van der Waals surface area contributed by atoms with Gasteiger partial charge in [-0.1, -0.05) is 0 Å². The van der Waals surface area contributed by atoms with E-state index in [1.54, 1.807) is 21.0 Å². The van der Waals surface area contributed by atoms with Crippen molar-refractivity contribution in [3.05, 3.63) is 47.2 Å². The van der Waals surface area contributed by atoms with E-state index in [2.05, 4.69) is 4.98 Å². The summed E-state index contributed by atoms with van der Waals surface area (Å²) >= 11 is 0. The number of nitriles is 1. The summed E-state index contributed by atoms with van der Waals surface area (Å²) in [7, 11) is -0.297. The Morgan fingerprint density at radius 1 is 1.25 bits per heavy atom. The molecular formula is C19H22N4O4S. The highest BCUT2D eigenvalue weighted by atomic mass is 32.2. The van der Waals surface area contributed by atoms with Crippen molar-refractivity contribution in [1.82, 2.24) is 14.2 Å². The standard InChI is InChI=1S/C19H22N4O4S/c1-13-17(19(24)22(2)3)21-18(27-13)15-8-10-23(11-9-15)28(25,26)16-6-4-14(12-20)5-7-16/h4-7,15H,8-11H2,1-3H3. The Morgan fingerprint density at radius 2 is 1.86 bits per heavy atom. The predicted octanol–water partition coefficient (Wildman–Crippen LogP) is 2.12. The van der Waals surface area contributed by atoms with Crippen molar-refractivity contribution in [3.63, 3.8) is 0 Å². The lowest BCUT2D eigenvalue weighted by Gasteiger charge is -2.29. The SMILES string of the molecule is Cc1oc(C2CCN(S(=O)(=O)c3ccc(C#N)cc3)CC2)nc1C(=O)N(C)C. The number of benzene rings is 1. The topological polar surface area (TPSA) is 108 Å². The molecule has 0 unspecified atom stereocenters. The third-order valence-corrected chi connectivity index (χ3v) is 6.76. The Labute approximate surface area is 164 Å². The summed E-state index contributed by atoms with van der Waals surface area (Å²) in [6.45, 7) is 2.38. The van der Waals surface area contributed by atoms with Gasteiger partial charge in [-0.15, -0.1) is 0 Å². The molecule has 1 saturated heterocycles. The maximum atomic E-state index is 12.8. The minimum Gasteiger partial charge on any atom is -0.445 e. The number of nitrogens with zero attached hydrogens (tertiary/aromatic N) is 4. The zero-order chi connectivity index (χ0) is 20.5. The fourth-order valence-electron chi connectivity index (χ4n) is 3.20. The van der Waals surface area contributed by atoms with Crippen LogP contribution in [0, 0.1) is 18.3 Å². The lowest BCUT2D eigenvalue weighted by atomic mass is 9.98. The van der Waals surface area contributed by atoms with Crippen LogP contribution in [0.4, 0.5) is 0 Å². The average Bonchev–Trinajstić information content (AvgIpc) is 3.09. The number of rotatable bonds is 4. The molecule has 9 heteroatoms. The minimum absolute atomic E-state index is 0.0326. The van der Waals surface area contributed by atoms with Crippen molar-refractivity contribution < 1.29 is 17.6 Å². The van der Waals surface area contributed by atoms with Gasteiger partial charge < -0.3 is 9.32 Å². The van der Waals surface area contributed by atoms with Crippen LogP contribution in [0.2, 0.25) is 0 Å². The summed E-state index contributed by atoms with van der Waals surface area (Å²) in [6.07, 6.45) is 1.12. The van der Waals surface area contributed by atoms with Gasteiger partial charge in [-0.2, -0.15) is 9.57 Å². The molecule has 0 bridgehead atoms. The largest absolute Gasteiger partial charge is 0.445 e. The fraction of sp³-hybridized carbons (Fsp3) is 0.421. The second kappa shape index (κ2) is 7.73. The number of piperidine rings is 1. The molecule has 0 spiro atoms. The molecule has 0 atom stereocenters. The summed E-state index contributed by atoms with van der Waals surface area (Å²) in [6, 6.07) is 7.88. The number of aryl methyl sites for hydroxylation is 1. The van der Waals surface area contributed by atoms with Crippen molar-refractivity contribution in [2.45, 2.75) is 30.6 Å². The van der Waals surface area contributed by atoms with Crippen LogP contribution in [-0.4, -0.2) is 55.7 Å². The van der Waals surface area contributed by atoms with Gasteiger partial charge in [-0.05, 0) is 44.0 Å². The number of carbonyl (C=O) groups is 1. The monoisotopic (exact) mass is 402 g/mol. The predicted molar refractivity (Wildman–Crippen MR) is 101 cm³/mol. The molecule has 3 rings (SSSR count). The molecule has 0 radical (unpaired) electrons. The normalized spacial score (nSPS) is 15.9. The van der Waals surface area contributed by atoms with Gasteiger partial charge in [0.05, 0.1) is 16.5 Å². The van der Waals surface area contributed by atoms with Crippen LogP contribution in [-0.2, 0) is 10.0 Å². The maximum absolute atomic E-state index is 12.8. The average molecular weight is 402 g/mol. The lowest BCUT2D eigenvalue weighted by molar-refractivity contribution is 0.0821. The van der Waals surface area contributed by atoms with Gasteiger partial charge in [-0.25, -0.2) is 13.4 Å². The number of hydrogen-bond donors (Lipinski definition) is 0. The number of aromatic nitrogens is 1. The molecule has 1 fully saturated rings. The van der Waals surface area contributed by atoms with E-state index in [9.17, 15) is 13.2 Å². The first-order valence-corrected chi connectivity index (χ1v) is 10.4. The molecule has 2 heterocycles. The van der Waals surface area contributed by atoms with Crippen molar-refractivity contribution in [2.75, 3.05) is 27.2 Å². The molecule has 1 aliphatic rings. The molecular weight excluding hydrogens is 380 g/mol. The van der Waals surface area contributed by atoms with Gasteiger partial charge in [0.2, 0.25) is 10.0 Å². The summed E-state index contributed by atoms with van der Waals surface area (Å²) in [5.74, 6) is 0.711. The van der Waals surface area contributed by atoms with Gasteiger partial charge in [0.25, 0.3) is 5.91 Å². The zero-order valence-electron chi connectivity index (χ0n) is 16.0. The Hall–Kier alpha value is -2.70. The number of sulfonamides is 1. The highest BCUT2D eigenvalue weighted by Crippen LogP contribution is 2.31. The first-order valence-electron chi connectivity index (χ1n) is 8.93. The van der Waals surface area contributed by atoms with E-state index in [1.807, 2.05) is 6.07 Å². The van der Waals surface area contributed by atoms with E-state index < -0.39 is 10.0 Å². The molecule has 0 N–H and O–H groups in total. The molecule has 0 aliphatic carbocycles. The minimum atomic E-state index is -3.61. The van der Waals surface area contributed by atoms with Crippen molar-refractivity contribution in [2.24, 2.45) is 0 Å². The number of oxazole rings is 1. The van der Waals surface area contributed by atoms with Crippen molar-refractivity contribution in [1.29, 1.82) is 5.26 Å². The second-order valence-electron chi connectivity index (χ2n) is 6.97. The van der Waals surface area contributed by atoms with E-state index in [4.69, 9.17) is 9.68 Å². The molecule has 28 heavy (non-hydrogen) atoms. The van der Waals surface area contributed by atoms with Crippen LogP contribution in [0.1, 0.15) is 46.5 Å². The van der Waals surface area contributed by atoms with E-state index in [1.165, 1.54) is 33.5 Å². The van der Waals surface area contributed by atoms with Gasteiger partial charge in [0, 0.05) is 33.1 Å². The van der Waals surface area contributed by atoms with E-state index >= 15 is 0 Å². The van der Waals surface area contributed by atoms with E-state index in [-0.39, 0.29) is 16.7 Å². The summed E-state index contributed by atoms with van der Waals surface area (Å²) in [5, 5.41) is 8.85. The molecule has 2 aromatic rings. The fourth-order valence-corrected chi connectivity index (χ4v) is 4.67. The van der Waals surface area contributed by atoms with Gasteiger partial charge >= 0.3 is 0 Å². The summed E-state index contributed by atoms with van der Waals surface area (Å²) < 4.78 is 32.7. The quantitative estimate of drug-likeness (QED) is 0.775. The summed E-state index contributed by atoms with van der Waals surface area (Å²) in [4.78, 5) is 18.1. The maximum Gasteiger partial charge on any atom is 0.275 e. The highest BCUT2D eigenvalue weighted by molar-refractivity contribution is 7.89. The molecule has 1 amide bonds. The smallest absolute Gasteiger partial charge is 0.275 e. The Balaban J connectivity index is 1.71. The van der Waals surface area contributed by atoms with Gasteiger partial charge in [-0.3, -0.25) is 4.79 Å². The lowest BCUT2D eigenvalue weighted by Crippen LogP contribution is -2.38. The first-order chi connectivity index (χ1) is 13.2. The Morgan fingerprint density at radius 3 is 2.39 bits per heavy atom. The van der Waals surface area contributed by atoms with Gasteiger partial charge in [0.15, 0.2) is 11.6 Å². The molecule has 1 aromatic heterocycles. The van der Waals surface area contributed by atoms with Crippen LogP contribution in [0.3, 0.4) is 0 Å². The van der Waals surface area contributed by atoms with Crippen LogP contribution in [0.25, 0.3) is 0 Å². The second-order valence-corrected chi connectivity index (χ2v) is 8.91. The molecule has 0 saturated carbocycles. The van der Waals surface area contributed by atoms with E-state index in [0.717, 1.165) is 0 Å². The Kier molecular flexibility index (Phi) is 5.54. The first kappa shape index (κ1) is 20.0. The van der Waals surface area contributed by atoms with Crippen LogP contribution in [0.15, 0.2) is 33.6 Å². The van der Waals surface area contributed by atoms with Crippen LogP contribution < -0.4 is 0 Å². The van der Waals surface area contributed by atoms with Crippen molar-refractivity contribution >= 4 is 15.9 Å². The number of hydrogen-bond acceptors (Lipinski definition) is 6. The molecule has 8 nitrogen and oxygen atoms in total. The molecule has 1 aromatic carbocycles. The van der Waals surface area contributed by atoms with Crippen LogP contribution in [0.5, 0.6) is 0 Å². The number of carbonyl (C=O) groups excluding carboxylic acids is 1. The van der Waals surface area contributed by atoms with Crippen molar-refractivity contribution in [3.8, 4) is 6.07 Å².